The molecule has 0 saturated heterocycles. The second kappa shape index (κ2) is 6.66. The Bertz CT molecular complexity index is 381. The number of aromatic hydroxyl groups is 1. The summed E-state index contributed by atoms with van der Waals surface area (Å²) < 4.78 is 14.8. The van der Waals surface area contributed by atoms with Crippen LogP contribution in [0.15, 0.2) is 18.2 Å². The van der Waals surface area contributed by atoms with Gasteiger partial charge in [0.2, 0.25) is 0 Å². The van der Waals surface area contributed by atoms with Crippen LogP contribution < -0.4 is 4.74 Å². The van der Waals surface area contributed by atoms with Crippen LogP contribution in [0, 0.1) is 10.1 Å². The number of ether oxygens (including phenoxy) is 3. The van der Waals surface area contributed by atoms with Crippen molar-refractivity contribution in [3.63, 3.8) is 0 Å². The van der Waals surface area contributed by atoms with Crippen LogP contribution >= 0.6 is 0 Å². The maximum Gasteiger partial charge on any atom is 0.273 e. The molecule has 0 aliphatic carbocycles. The number of phenols is 1. The van der Waals surface area contributed by atoms with Crippen molar-refractivity contribution >= 4 is 5.69 Å². The lowest BCUT2D eigenvalue weighted by Gasteiger charge is -2.08. The molecule has 17 heavy (non-hydrogen) atoms. The number of benzene rings is 1. The van der Waals surface area contributed by atoms with E-state index in [0.717, 1.165) is 6.07 Å². The molecule has 0 aliphatic rings. The van der Waals surface area contributed by atoms with Crippen LogP contribution in [0.25, 0.3) is 0 Å². The van der Waals surface area contributed by atoms with E-state index in [1.54, 1.807) is 7.11 Å². The number of nitrogens with zero attached hydrogens (tertiary/aromatic N) is 1. The molecule has 0 bridgehead atoms. The normalized spacial score (nSPS) is 10.2. The number of hydrogen-bond donors (Lipinski definition) is 1. The Hall–Kier alpha value is -1.86. The number of nitro benzene ring substituents is 1. The molecule has 0 unspecified atom stereocenters. The fraction of sp³-hybridized carbons (Fsp3) is 0.400. The minimum Gasteiger partial charge on any atom is -0.504 e. The highest BCUT2D eigenvalue weighted by Crippen LogP contribution is 2.29. The SMILES string of the molecule is COCCOCOc1ccc([N+](=O)[O-])cc1O. The number of nitro groups is 1. The summed E-state index contributed by atoms with van der Waals surface area (Å²) in [6.07, 6.45) is 0. The monoisotopic (exact) mass is 243 g/mol. The highest BCUT2D eigenvalue weighted by Gasteiger charge is 2.10. The van der Waals surface area contributed by atoms with Crippen molar-refractivity contribution in [2.24, 2.45) is 0 Å². The second-order valence-electron chi connectivity index (χ2n) is 3.07. The third kappa shape index (κ3) is 4.25. The molecule has 0 radical (unpaired) electrons. The van der Waals surface area contributed by atoms with Crippen LogP contribution in [-0.2, 0) is 9.47 Å². The molecule has 7 heteroatoms. The van der Waals surface area contributed by atoms with Gasteiger partial charge in [0.25, 0.3) is 5.69 Å². The molecule has 0 atom stereocenters. The van der Waals surface area contributed by atoms with E-state index in [9.17, 15) is 15.2 Å². The molecule has 94 valence electrons. The van der Waals surface area contributed by atoms with Crippen LogP contribution in [0.2, 0.25) is 0 Å². The standard InChI is InChI=1S/C10H13NO6/c1-15-4-5-16-7-17-10-3-2-8(11(13)14)6-9(10)12/h2-3,6,12H,4-5,7H2,1H3. The van der Waals surface area contributed by atoms with Gasteiger partial charge in [-0.3, -0.25) is 10.1 Å². The Morgan fingerprint density at radius 1 is 1.41 bits per heavy atom. The maximum absolute atomic E-state index is 10.4. The van der Waals surface area contributed by atoms with E-state index in [0.29, 0.717) is 13.2 Å². The summed E-state index contributed by atoms with van der Waals surface area (Å²) in [7, 11) is 1.55. The summed E-state index contributed by atoms with van der Waals surface area (Å²) in [5.74, 6) is -0.164. The quantitative estimate of drug-likeness (QED) is 0.336. The lowest BCUT2D eigenvalue weighted by atomic mass is 10.3. The largest absolute Gasteiger partial charge is 0.504 e. The first kappa shape index (κ1) is 13.2. The van der Waals surface area contributed by atoms with E-state index in [4.69, 9.17) is 14.2 Å². The van der Waals surface area contributed by atoms with Crippen molar-refractivity contribution in [1.29, 1.82) is 0 Å². The second-order valence-corrected chi connectivity index (χ2v) is 3.07. The van der Waals surface area contributed by atoms with Gasteiger partial charge in [-0.1, -0.05) is 0 Å². The molecule has 1 rings (SSSR count). The Labute approximate surface area is 97.7 Å². The van der Waals surface area contributed by atoms with E-state index in [-0.39, 0.29) is 24.0 Å². The van der Waals surface area contributed by atoms with Crippen LogP contribution in [0.1, 0.15) is 0 Å². The van der Waals surface area contributed by atoms with E-state index in [1.165, 1.54) is 12.1 Å². The molecule has 0 aliphatic heterocycles. The smallest absolute Gasteiger partial charge is 0.273 e. The van der Waals surface area contributed by atoms with Crippen LogP contribution in [0.5, 0.6) is 11.5 Å². The van der Waals surface area contributed by atoms with Gasteiger partial charge in [-0.25, -0.2) is 0 Å². The van der Waals surface area contributed by atoms with Gasteiger partial charge < -0.3 is 19.3 Å². The van der Waals surface area contributed by atoms with Gasteiger partial charge in [0.05, 0.1) is 24.2 Å². The fourth-order valence-electron chi connectivity index (χ4n) is 1.05. The molecule has 1 N–H and O–H groups in total. The fourth-order valence-corrected chi connectivity index (χ4v) is 1.05. The molecule has 0 aromatic heterocycles. The maximum atomic E-state index is 10.4. The van der Waals surface area contributed by atoms with Gasteiger partial charge in [-0.2, -0.15) is 0 Å². The lowest BCUT2D eigenvalue weighted by Crippen LogP contribution is -2.07. The number of phenolic OH excluding ortho intramolecular Hbond substituents is 1. The number of rotatable bonds is 7. The Morgan fingerprint density at radius 2 is 2.18 bits per heavy atom. The minimum atomic E-state index is -0.599. The minimum absolute atomic E-state index is 0.0608. The summed E-state index contributed by atoms with van der Waals surface area (Å²) in [6.45, 7) is 0.745. The molecule has 1 aromatic rings. The number of hydrogen-bond acceptors (Lipinski definition) is 6. The van der Waals surface area contributed by atoms with Gasteiger partial charge in [0.1, 0.15) is 0 Å². The Balaban J connectivity index is 2.46. The third-order valence-corrected chi connectivity index (χ3v) is 1.88. The first-order chi connectivity index (χ1) is 8.15. The first-order valence-corrected chi connectivity index (χ1v) is 4.82. The van der Waals surface area contributed by atoms with E-state index in [1.807, 2.05) is 0 Å². The molecule has 0 spiro atoms. The molecule has 0 saturated carbocycles. The van der Waals surface area contributed by atoms with Gasteiger partial charge >= 0.3 is 0 Å². The predicted octanol–water partition coefficient (Wildman–Crippen LogP) is 1.30. The number of non-ortho nitro benzene ring substituents is 1. The molecule has 0 heterocycles. The van der Waals surface area contributed by atoms with E-state index < -0.39 is 4.92 Å². The van der Waals surface area contributed by atoms with Crippen molar-refractivity contribution in [2.45, 2.75) is 0 Å². The zero-order valence-electron chi connectivity index (χ0n) is 9.29. The van der Waals surface area contributed by atoms with Crippen molar-refractivity contribution in [3.8, 4) is 11.5 Å². The zero-order chi connectivity index (χ0) is 12.7. The molecule has 1 aromatic carbocycles. The van der Waals surface area contributed by atoms with Gasteiger partial charge in [0, 0.05) is 13.2 Å². The molecule has 7 nitrogen and oxygen atoms in total. The molecule has 0 fully saturated rings. The van der Waals surface area contributed by atoms with Gasteiger partial charge in [-0.05, 0) is 6.07 Å². The van der Waals surface area contributed by atoms with Crippen LogP contribution in [0.3, 0.4) is 0 Å². The zero-order valence-corrected chi connectivity index (χ0v) is 9.29. The number of methoxy groups -OCH3 is 1. The topological polar surface area (TPSA) is 91.1 Å². The molecular weight excluding hydrogens is 230 g/mol. The Kier molecular flexibility index (Phi) is 5.18. The van der Waals surface area contributed by atoms with E-state index in [2.05, 4.69) is 0 Å². The molecular formula is C10H13NO6. The lowest BCUT2D eigenvalue weighted by molar-refractivity contribution is -0.385. The molecule has 0 amide bonds. The van der Waals surface area contributed by atoms with Crippen LogP contribution in [0.4, 0.5) is 5.69 Å². The van der Waals surface area contributed by atoms with Crippen molar-refractivity contribution < 1.29 is 24.2 Å². The average Bonchev–Trinajstić information content (AvgIpc) is 2.30. The van der Waals surface area contributed by atoms with Gasteiger partial charge in [0.15, 0.2) is 18.3 Å². The Morgan fingerprint density at radius 3 is 2.76 bits per heavy atom. The summed E-state index contributed by atoms with van der Waals surface area (Å²) >= 11 is 0. The van der Waals surface area contributed by atoms with Crippen molar-refractivity contribution in [2.75, 3.05) is 27.1 Å². The summed E-state index contributed by atoms with van der Waals surface area (Å²) in [4.78, 5) is 9.81. The van der Waals surface area contributed by atoms with Crippen LogP contribution in [-0.4, -0.2) is 37.1 Å². The van der Waals surface area contributed by atoms with Crippen molar-refractivity contribution in [3.05, 3.63) is 28.3 Å². The highest BCUT2D eigenvalue weighted by atomic mass is 16.7. The van der Waals surface area contributed by atoms with Crippen molar-refractivity contribution in [1.82, 2.24) is 0 Å². The highest BCUT2D eigenvalue weighted by molar-refractivity contribution is 5.47. The van der Waals surface area contributed by atoms with Gasteiger partial charge in [-0.15, -0.1) is 0 Å². The summed E-state index contributed by atoms with van der Waals surface area (Å²) in [5, 5.41) is 19.8. The predicted molar refractivity (Wildman–Crippen MR) is 58.1 cm³/mol. The first-order valence-electron chi connectivity index (χ1n) is 4.82. The van der Waals surface area contributed by atoms with E-state index >= 15 is 0 Å². The summed E-state index contributed by atoms with van der Waals surface area (Å²) in [6, 6.07) is 3.57. The average molecular weight is 243 g/mol. The third-order valence-electron chi connectivity index (χ3n) is 1.88. The summed E-state index contributed by atoms with van der Waals surface area (Å²) in [5.41, 5.74) is -0.199.